The first-order valence-corrected chi connectivity index (χ1v) is 6.49. The molecule has 2 rings (SSSR count). The molecule has 2 heterocycles. The van der Waals surface area contributed by atoms with Crippen LogP contribution in [0.4, 0.5) is 5.13 Å². The molecule has 0 spiro atoms. The van der Waals surface area contributed by atoms with E-state index in [1.165, 1.54) is 26.8 Å². The summed E-state index contributed by atoms with van der Waals surface area (Å²) in [5.41, 5.74) is 0.449. The number of likely N-dealkylation sites (N-methyl/N-ethyl adjacent to an activating group) is 2. The Morgan fingerprint density at radius 1 is 1.42 bits per heavy atom. The molecule has 102 valence electrons. The van der Waals surface area contributed by atoms with Gasteiger partial charge in [0.05, 0.1) is 6.54 Å². The van der Waals surface area contributed by atoms with Crippen LogP contribution in [0.3, 0.4) is 0 Å². The molecule has 0 aliphatic carbocycles. The van der Waals surface area contributed by atoms with Crippen LogP contribution in [0.15, 0.2) is 10.9 Å². The fourth-order valence-electron chi connectivity index (χ4n) is 1.48. The van der Waals surface area contributed by atoms with Crippen LogP contribution in [0.2, 0.25) is 0 Å². The second-order valence-electron chi connectivity index (χ2n) is 4.46. The topological polar surface area (TPSA) is 70.8 Å². The number of aryl methyl sites for hydroxylation is 1. The highest BCUT2D eigenvalue weighted by Crippen LogP contribution is 2.19. The highest BCUT2D eigenvalue weighted by atomic mass is 32.1. The highest BCUT2D eigenvalue weighted by Gasteiger charge is 2.14. The van der Waals surface area contributed by atoms with Gasteiger partial charge in [-0.25, -0.2) is 4.98 Å². The molecule has 0 saturated heterocycles. The number of hydrogen-bond acceptors (Lipinski definition) is 6. The molecule has 2 aromatic heterocycles. The van der Waals surface area contributed by atoms with Crippen LogP contribution in [-0.2, 0) is 4.79 Å². The molecule has 19 heavy (non-hydrogen) atoms. The minimum absolute atomic E-state index is 0.0294. The third-order valence-corrected chi connectivity index (χ3v) is 3.58. The molecule has 0 atom stereocenters. The predicted octanol–water partition coefficient (Wildman–Crippen LogP) is -0.0162. The summed E-state index contributed by atoms with van der Waals surface area (Å²) in [4.78, 5) is 31.4. The predicted molar refractivity (Wildman–Crippen MR) is 73.8 cm³/mol. The second kappa shape index (κ2) is 4.96. The van der Waals surface area contributed by atoms with Crippen LogP contribution >= 0.6 is 11.3 Å². The van der Waals surface area contributed by atoms with Crippen molar-refractivity contribution in [2.75, 3.05) is 32.6 Å². The van der Waals surface area contributed by atoms with Gasteiger partial charge in [0.25, 0.3) is 5.56 Å². The Kier molecular flexibility index (Phi) is 3.52. The first-order valence-electron chi connectivity index (χ1n) is 5.67. The van der Waals surface area contributed by atoms with E-state index >= 15 is 0 Å². The van der Waals surface area contributed by atoms with Crippen LogP contribution < -0.4 is 10.5 Å². The van der Waals surface area contributed by atoms with E-state index in [0.717, 1.165) is 0 Å². The summed E-state index contributed by atoms with van der Waals surface area (Å²) < 4.78 is 1.25. The fraction of sp³-hybridized carbons (Fsp3) is 0.455. The lowest BCUT2D eigenvalue weighted by Crippen LogP contribution is -2.34. The maximum Gasteiger partial charge on any atom is 0.275 e. The van der Waals surface area contributed by atoms with E-state index in [9.17, 15) is 9.59 Å². The first kappa shape index (κ1) is 13.5. The average molecular weight is 281 g/mol. The number of rotatable bonds is 3. The zero-order valence-corrected chi connectivity index (χ0v) is 12.1. The van der Waals surface area contributed by atoms with Gasteiger partial charge >= 0.3 is 0 Å². The number of anilines is 1. The van der Waals surface area contributed by atoms with E-state index in [1.54, 1.807) is 33.0 Å². The molecule has 7 nitrogen and oxygen atoms in total. The van der Waals surface area contributed by atoms with Gasteiger partial charge in [0.15, 0.2) is 0 Å². The summed E-state index contributed by atoms with van der Waals surface area (Å²) in [5, 5.41) is 4.77. The van der Waals surface area contributed by atoms with E-state index in [2.05, 4.69) is 10.1 Å². The average Bonchev–Trinajstić information content (AvgIpc) is 2.72. The van der Waals surface area contributed by atoms with Crippen LogP contribution in [0, 0.1) is 6.92 Å². The van der Waals surface area contributed by atoms with E-state index in [4.69, 9.17) is 0 Å². The molecule has 1 amide bonds. The quantitative estimate of drug-likeness (QED) is 0.791. The van der Waals surface area contributed by atoms with Crippen molar-refractivity contribution in [3.8, 4) is 0 Å². The number of nitrogens with zero attached hydrogens (tertiary/aromatic N) is 5. The molecule has 0 bridgehead atoms. The van der Waals surface area contributed by atoms with Gasteiger partial charge in [0, 0.05) is 32.9 Å². The van der Waals surface area contributed by atoms with Crippen LogP contribution in [-0.4, -0.2) is 53.1 Å². The normalized spacial score (nSPS) is 10.7. The Balaban J connectivity index is 2.33. The van der Waals surface area contributed by atoms with Crippen molar-refractivity contribution in [1.82, 2.24) is 19.5 Å². The Bertz CT molecular complexity index is 675. The highest BCUT2D eigenvalue weighted by molar-refractivity contribution is 7.20. The number of aromatic nitrogens is 3. The van der Waals surface area contributed by atoms with Gasteiger partial charge in [-0.15, -0.1) is 5.10 Å². The summed E-state index contributed by atoms with van der Waals surface area (Å²) in [6.45, 7) is 1.97. The molecule has 0 saturated carbocycles. The molecule has 0 unspecified atom stereocenters. The largest absolute Gasteiger partial charge is 0.347 e. The number of amides is 1. The molecular weight excluding hydrogens is 266 g/mol. The van der Waals surface area contributed by atoms with Crippen molar-refractivity contribution in [3.63, 3.8) is 0 Å². The van der Waals surface area contributed by atoms with E-state index in [-0.39, 0.29) is 18.0 Å². The van der Waals surface area contributed by atoms with Crippen molar-refractivity contribution in [1.29, 1.82) is 0 Å². The number of carbonyl (C=O) groups excluding carboxylic acids is 1. The van der Waals surface area contributed by atoms with Gasteiger partial charge in [-0.3, -0.25) is 9.59 Å². The molecule has 8 heteroatoms. The Hall–Kier alpha value is -1.96. The van der Waals surface area contributed by atoms with E-state index in [1.807, 2.05) is 0 Å². The zero-order valence-electron chi connectivity index (χ0n) is 11.2. The van der Waals surface area contributed by atoms with Crippen molar-refractivity contribution in [3.05, 3.63) is 22.1 Å². The minimum atomic E-state index is -0.211. The molecule has 0 radical (unpaired) electrons. The molecule has 2 aromatic rings. The van der Waals surface area contributed by atoms with Crippen molar-refractivity contribution < 1.29 is 4.79 Å². The van der Waals surface area contributed by atoms with Gasteiger partial charge in [0.2, 0.25) is 16.0 Å². The van der Waals surface area contributed by atoms with Crippen molar-refractivity contribution >= 4 is 27.3 Å². The van der Waals surface area contributed by atoms with Gasteiger partial charge in [0.1, 0.15) is 0 Å². The number of fused-ring (bicyclic) bond motifs is 1. The summed E-state index contributed by atoms with van der Waals surface area (Å²) in [6.07, 6.45) is 0. The number of hydrogen-bond donors (Lipinski definition) is 0. The molecule has 0 aromatic carbocycles. The summed E-state index contributed by atoms with van der Waals surface area (Å²) in [6, 6.07) is 1.43. The van der Waals surface area contributed by atoms with E-state index in [0.29, 0.717) is 15.8 Å². The van der Waals surface area contributed by atoms with Crippen LogP contribution in [0.1, 0.15) is 5.69 Å². The van der Waals surface area contributed by atoms with Crippen molar-refractivity contribution in [2.24, 2.45) is 0 Å². The third-order valence-electron chi connectivity index (χ3n) is 2.56. The molecule has 0 aliphatic heterocycles. The van der Waals surface area contributed by atoms with Gasteiger partial charge in [-0.2, -0.15) is 4.52 Å². The van der Waals surface area contributed by atoms with Gasteiger partial charge < -0.3 is 9.80 Å². The summed E-state index contributed by atoms with van der Waals surface area (Å²) in [5.74, 6) is -0.0294. The fourth-order valence-corrected chi connectivity index (χ4v) is 2.39. The Morgan fingerprint density at radius 3 is 2.74 bits per heavy atom. The Morgan fingerprint density at radius 2 is 2.11 bits per heavy atom. The maximum atomic E-state index is 11.7. The summed E-state index contributed by atoms with van der Waals surface area (Å²) >= 11 is 1.28. The standard InChI is InChI=1S/C11H15N5O2S/c1-7-5-8(17)16-10(12-7)19-11(13-16)15(4)6-9(18)14(2)3/h5H,6H2,1-4H3. The first-order chi connectivity index (χ1) is 8.88. The van der Waals surface area contributed by atoms with E-state index < -0.39 is 0 Å². The minimum Gasteiger partial charge on any atom is -0.347 e. The lowest BCUT2D eigenvalue weighted by molar-refractivity contribution is -0.127. The number of carbonyl (C=O) groups is 1. The third kappa shape index (κ3) is 2.73. The Labute approximate surface area is 114 Å². The van der Waals surface area contributed by atoms with Crippen molar-refractivity contribution in [2.45, 2.75) is 6.92 Å². The lowest BCUT2D eigenvalue weighted by Gasteiger charge is -2.17. The van der Waals surface area contributed by atoms with Gasteiger partial charge in [-0.1, -0.05) is 11.3 Å². The van der Waals surface area contributed by atoms with Crippen LogP contribution in [0.25, 0.3) is 4.96 Å². The van der Waals surface area contributed by atoms with Crippen LogP contribution in [0.5, 0.6) is 0 Å². The maximum absolute atomic E-state index is 11.7. The molecule has 0 N–H and O–H groups in total. The smallest absolute Gasteiger partial charge is 0.275 e. The summed E-state index contributed by atoms with van der Waals surface area (Å²) in [7, 11) is 5.16. The molecular formula is C11H15N5O2S. The molecule has 0 fully saturated rings. The lowest BCUT2D eigenvalue weighted by atomic mass is 10.5. The monoisotopic (exact) mass is 281 g/mol. The van der Waals surface area contributed by atoms with Gasteiger partial charge in [-0.05, 0) is 6.92 Å². The zero-order chi connectivity index (χ0) is 14.2. The second-order valence-corrected chi connectivity index (χ2v) is 5.39. The SMILES string of the molecule is Cc1cc(=O)n2nc(N(C)CC(=O)N(C)C)sc2n1. The molecule has 0 aliphatic rings.